The topological polar surface area (TPSA) is 53.5 Å². The average Bonchev–Trinajstić information content (AvgIpc) is 2.64. The second-order valence-corrected chi connectivity index (χ2v) is 6.12. The molecule has 3 rings (SSSR count). The average molecular weight is 312 g/mol. The normalized spacial score (nSPS) is 24.5. The highest BCUT2D eigenvalue weighted by molar-refractivity contribution is 5.19. The minimum absolute atomic E-state index is 0.0463. The summed E-state index contributed by atoms with van der Waals surface area (Å²) in [4.78, 5) is 0. The van der Waals surface area contributed by atoms with Crippen LogP contribution < -0.4 is 10.6 Å². The predicted octanol–water partition coefficient (Wildman–Crippen LogP) is 1.87. The Labute approximate surface area is 137 Å². The Bertz CT molecular complexity index is 575. The molecule has 23 heavy (non-hydrogen) atoms. The molecule has 0 aliphatic carbocycles. The van der Waals surface area contributed by atoms with Crippen molar-refractivity contribution in [3.8, 4) is 0 Å². The zero-order chi connectivity index (χ0) is 16.0. The Morgan fingerprint density at radius 2 is 1.78 bits per heavy atom. The molecular formula is C19H24N2O2. The summed E-state index contributed by atoms with van der Waals surface area (Å²) < 4.78 is 6.01. The third-order valence-corrected chi connectivity index (χ3v) is 4.33. The number of hydrogen-bond donors (Lipinski definition) is 3. The molecule has 1 aliphatic rings. The molecule has 1 saturated heterocycles. The van der Waals surface area contributed by atoms with Crippen LogP contribution in [0.15, 0.2) is 60.7 Å². The van der Waals surface area contributed by atoms with Crippen LogP contribution >= 0.6 is 0 Å². The third kappa shape index (κ3) is 4.18. The van der Waals surface area contributed by atoms with Gasteiger partial charge in [0.15, 0.2) is 0 Å². The van der Waals surface area contributed by atoms with Gasteiger partial charge in [-0.25, -0.2) is 0 Å². The molecule has 0 spiro atoms. The number of aliphatic hydroxyl groups excluding tert-OH is 1. The van der Waals surface area contributed by atoms with Gasteiger partial charge < -0.3 is 20.5 Å². The largest absolute Gasteiger partial charge is 0.394 e. The van der Waals surface area contributed by atoms with Gasteiger partial charge in [-0.2, -0.15) is 0 Å². The Balaban J connectivity index is 1.52. The van der Waals surface area contributed by atoms with Crippen LogP contribution in [0.4, 0.5) is 0 Å². The predicted molar refractivity (Wildman–Crippen MR) is 91.1 cm³/mol. The van der Waals surface area contributed by atoms with Crippen molar-refractivity contribution in [1.82, 2.24) is 10.6 Å². The van der Waals surface area contributed by atoms with Crippen LogP contribution in [0.3, 0.4) is 0 Å². The SMILES string of the molecule is OCC1(CNCc2ccccc2)COC(c2ccccc2)CN1. The van der Waals surface area contributed by atoms with Gasteiger partial charge in [-0.05, 0) is 11.1 Å². The van der Waals surface area contributed by atoms with Crippen LogP contribution in [-0.4, -0.2) is 36.9 Å². The molecule has 2 aromatic carbocycles. The maximum absolute atomic E-state index is 9.81. The van der Waals surface area contributed by atoms with Gasteiger partial charge in [-0.3, -0.25) is 0 Å². The lowest BCUT2D eigenvalue weighted by atomic mass is 9.97. The van der Waals surface area contributed by atoms with E-state index in [0.717, 1.165) is 6.54 Å². The highest BCUT2D eigenvalue weighted by Gasteiger charge is 2.35. The summed E-state index contributed by atoms with van der Waals surface area (Å²) in [6.45, 7) is 2.70. The van der Waals surface area contributed by atoms with E-state index in [1.54, 1.807) is 0 Å². The fourth-order valence-electron chi connectivity index (χ4n) is 2.87. The standard InChI is InChI=1S/C19H24N2O2/c22-14-19(13-20-11-16-7-3-1-4-8-16)15-23-18(12-21-19)17-9-5-2-6-10-17/h1-10,18,20-22H,11-15H2. The van der Waals surface area contributed by atoms with Gasteiger partial charge in [0.1, 0.15) is 0 Å². The zero-order valence-electron chi connectivity index (χ0n) is 13.2. The Hall–Kier alpha value is -1.72. The third-order valence-electron chi connectivity index (χ3n) is 4.33. The fourth-order valence-corrected chi connectivity index (χ4v) is 2.87. The molecule has 1 aliphatic heterocycles. The van der Waals surface area contributed by atoms with Crippen LogP contribution in [0, 0.1) is 0 Å². The first-order valence-electron chi connectivity index (χ1n) is 8.08. The first-order valence-corrected chi connectivity index (χ1v) is 8.08. The van der Waals surface area contributed by atoms with Crippen molar-refractivity contribution in [2.75, 3.05) is 26.3 Å². The number of aliphatic hydroxyl groups is 1. The monoisotopic (exact) mass is 312 g/mol. The van der Waals surface area contributed by atoms with Crippen molar-refractivity contribution < 1.29 is 9.84 Å². The molecule has 0 aromatic heterocycles. The maximum Gasteiger partial charge on any atom is 0.0950 e. The van der Waals surface area contributed by atoms with E-state index in [9.17, 15) is 5.11 Å². The molecule has 3 N–H and O–H groups in total. The van der Waals surface area contributed by atoms with Crippen LogP contribution in [0.25, 0.3) is 0 Å². The smallest absolute Gasteiger partial charge is 0.0950 e. The fraction of sp³-hybridized carbons (Fsp3) is 0.368. The lowest BCUT2D eigenvalue weighted by Crippen LogP contribution is -2.62. The first kappa shape index (κ1) is 16.1. The summed E-state index contributed by atoms with van der Waals surface area (Å²) in [5.41, 5.74) is 1.99. The summed E-state index contributed by atoms with van der Waals surface area (Å²) in [7, 11) is 0. The molecule has 1 fully saturated rings. The summed E-state index contributed by atoms with van der Waals surface area (Å²) in [5.74, 6) is 0. The summed E-state index contributed by atoms with van der Waals surface area (Å²) in [6.07, 6.45) is 0.0463. The molecule has 0 radical (unpaired) electrons. The second kappa shape index (κ2) is 7.70. The van der Waals surface area contributed by atoms with Crippen molar-refractivity contribution in [3.05, 3.63) is 71.8 Å². The minimum Gasteiger partial charge on any atom is -0.394 e. The number of rotatable bonds is 6. The lowest BCUT2D eigenvalue weighted by molar-refractivity contribution is -0.0517. The van der Waals surface area contributed by atoms with Crippen LogP contribution in [0.5, 0.6) is 0 Å². The van der Waals surface area contributed by atoms with Crippen LogP contribution in [0.2, 0.25) is 0 Å². The summed E-state index contributed by atoms with van der Waals surface area (Å²) >= 11 is 0. The number of nitrogens with one attached hydrogen (secondary N) is 2. The molecule has 2 atom stereocenters. The van der Waals surface area contributed by atoms with Crippen molar-refractivity contribution in [3.63, 3.8) is 0 Å². The van der Waals surface area contributed by atoms with Gasteiger partial charge in [-0.15, -0.1) is 0 Å². The van der Waals surface area contributed by atoms with E-state index in [1.165, 1.54) is 11.1 Å². The summed E-state index contributed by atoms with van der Waals surface area (Å²) in [5, 5.41) is 16.7. The molecule has 2 unspecified atom stereocenters. The van der Waals surface area contributed by atoms with E-state index in [0.29, 0.717) is 19.7 Å². The van der Waals surface area contributed by atoms with Crippen LogP contribution in [-0.2, 0) is 11.3 Å². The van der Waals surface area contributed by atoms with Crippen molar-refractivity contribution >= 4 is 0 Å². The van der Waals surface area contributed by atoms with Gasteiger partial charge in [0.05, 0.1) is 24.9 Å². The van der Waals surface area contributed by atoms with E-state index in [2.05, 4.69) is 34.9 Å². The number of morpholine rings is 1. The highest BCUT2D eigenvalue weighted by atomic mass is 16.5. The Kier molecular flexibility index (Phi) is 5.41. The van der Waals surface area contributed by atoms with Crippen molar-refractivity contribution in [2.24, 2.45) is 0 Å². The molecule has 2 aromatic rings. The Morgan fingerprint density at radius 3 is 2.39 bits per heavy atom. The van der Waals surface area contributed by atoms with Gasteiger partial charge in [0.25, 0.3) is 0 Å². The maximum atomic E-state index is 9.81. The molecule has 122 valence electrons. The van der Waals surface area contributed by atoms with Crippen LogP contribution in [0.1, 0.15) is 17.2 Å². The second-order valence-electron chi connectivity index (χ2n) is 6.12. The molecule has 1 heterocycles. The zero-order valence-corrected chi connectivity index (χ0v) is 13.2. The number of benzene rings is 2. The first-order chi connectivity index (χ1) is 11.3. The van der Waals surface area contributed by atoms with Crippen molar-refractivity contribution in [2.45, 2.75) is 18.2 Å². The van der Waals surface area contributed by atoms with E-state index in [4.69, 9.17) is 4.74 Å². The molecule has 4 nitrogen and oxygen atoms in total. The van der Waals surface area contributed by atoms with E-state index >= 15 is 0 Å². The van der Waals surface area contributed by atoms with Gasteiger partial charge in [0, 0.05) is 19.6 Å². The van der Waals surface area contributed by atoms with Gasteiger partial charge >= 0.3 is 0 Å². The molecule has 0 amide bonds. The van der Waals surface area contributed by atoms with E-state index in [-0.39, 0.29) is 12.7 Å². The van der Waals surface area contributed by atoms with E-state index < -0.39 is 5.54 Å². The lowest BCUT2D eigenvalue weighted by Gasteiger charge is -2.40. The quantitative estimate of drug-likeness (QED) is 0.762. The molecule has 4 heteroatoms. The molecular weight excluding hydrogens is 288 g/mol. The number of hydrogen-bond acceptors (Lipinski definition) is 4. The van der Waals surface area contributed by atoms with E-state index in [1.807, 2.05) is 36.4 Å². The van der Waals surface area contributed by atoms with Gasteiger partial charge in [0.2, 0.25) is 0 Å². The Morgan fingerprint density at radius 1 is 1.09 bits per heavy atom. The minimum atomic E-state index is -0.417. The van der Waals surface area contributed by atoms with Crippen molar-refractivity contribution in [1.29, 1.82) is 0 Å². The molecule has 0 bridgehead atoms. The summed E-state index contributed by atoms with van der Waals surface area (Å²) in [6, 6.07) is 20.5. The van der Waals surface area contributed by atoms with Gasteiger partial charge in [-0.1, -0.05) is 60.7 Å². The molecule has 0 saturated carbocycles. The highest BCUT2D eigenvalue weighted by Crippen LogP contribution is 2.23. The number of ether oxygens (including phenoxy) is 1.